The molecule has 0 aliphatic heterocycles. The Morgan fingerprint density at radius 1 is 1.15 bits per heavy atom. The maximum absolute atomic E-state index is 10.5. The van der Waals surface area contributed by atoms with Crippen LogP contribution in [0.4, 0.5) is 0 Å². The van der Waals surface area contributed by atoms with Crippen LogP contribution in [0.15, 0.2) is 5.57 Å². The zero-order chi connectivity index (χ0) is 9.68. The van der Waals surface area contributed by atoms with Crippen molar-refractivity contribution in [2.45, 2.75) is 31.3 Å². The molecule has 1 unspecified atom stereocenters. The van der Waals surface area contributed by atoms with Crippen LogP contribution in [-0.2, 0) is 14.4 Å². The maximum Gasteiger partial charge on any atom is 0.157 e. The summed E-state index contributed by atoms with van der Waals surface area (Å²) in [7, 11) is -1.53. The van der Waals surface area contributed by atoms with Crippen molar-refractivity contribution in [3.63, 3.8) is 0 Å². The van der Waals surface area contributed by atoms with E-state index in [4.69, 9.17) is 0 Å². The van der Waals surface area contributed by atoms with E-state index in [0.29, 0.717) is 12.0 Å². The quantitative estimate of drug-likeness (QED) is 0.469. The number of hydrogen-bond donors (Lipinski definition) is 0. The Balaban J connectivity index is 3.09. The molecule has 0 amide bonds. The van der Waals surface area contributed by atoms with Gasteiger partial charge in [-0.1, -0.05) is 6.42 Å². The predicted molar refractivity (Wildman–Crippen MR) is 49.8 cm³/mol. The second-order valence-electron chi connectivity index (χ2n) is 2.94. The maximum atomic E-state index is 10.5. The van der Waals surface area contributed by atoms with E-state index in [9.17, 15) is 14.4 Å². The fraction of sp³-hybridized carbons (Fsp3) is 0.556. The molecule has 4 heteroatoms. The van der Waals surface area contributed by atoms with Gasteiger partial charge in [0.05, 0.1) is 7.17 Å². The lowest BCUT2D eigenvalue weighted by Crippen LogP contribution is -2.11. The van der Waals surface area contributed by atoms with Crippen LogP contribution in [0.3, 0.4) is 0 Å². The summed E-state index contributed by atoms with van der Waals surface area (Å²) in [5, 5.41) is 0. The molecule has 3 nitrogen and oxygen atoms in total. The minimum Gasteiger partial charge on any atom is -0.234 e. The Morgan fingerprint density at radius 3 is 2.38 bits per heavy atom. The van der Waals surface area contributed by atoms with E-state index in [0.717, 1.165) is 19.3 Å². The standard InChI is InChI=1S/C9H9O3P/c10-5-8-3-1-2-4-9(8)13(6-11)7-12/h9H,1-4H2. The van der Waals surface area contributed by atoms with Crippen LogP contribution in [0.5, 0.6) is 0 Å². The fourth-order valence-corrected chi connectivity index (χ4v) is 2.77. The van der Waals surface area contributed by atoms with Crippen molar-refractivity contribution in [3.05, 3.63) is 5.57 Å². The van der Waals surface area contributed by atoms with Crippen molar-refractivity contribution in [1.29, 1.82) is 0 Å². The Labute approximate surface area is 76.5 Å². The van der Waals surface area contributed by atoms with E-state index in [-0.39, 0.29) is 5.66 Å². The van der Waals surface area contributed by atoms with Crippen molar-refractivity contribution in [2.24, 2.45) is 0 Å². The Morgan fingerprint density at radius 2 is 1.85 bits per heavy atom. The first-order valence-electron chi connectivity index (χ1n) is 4.12. The summed E-state index contributed by atoms with van der Waals surface area (Å²) in [4.78, 5) is 31.3. The summed E-state index contributed by atoms with van der Waals surface area (Å²) in [6.45, 7) is 0. The van der Waals surface area contributed by atoms with E-state index >= 15 is 0 Å². The van der Waals surface area contributed by atoms with E-state index in [1.807, 2.05) is 5.94 Å². The molecule has 1 atom stereocenters. The lowest BCUT2D eigenvalue weighted by atomic mass is 9.96. The van der Waals surface area contributed by atoms with E-state index in [1.54, 1.807) is 11.3 Å². The third kappa shape index (κ3) is 2.18. The average molecular weight is 196 g/mol. The summed E-state index contributed by atoms with van der Waals surface area (Å²) in [5.74, 6) is 1.83. The Hall–Kier alpha value is -1.09. The Bertz CT molecular complexity index is 358. The van der Waals surface area contributed by atoms with E-state index in [1.165, 1.54) is 0 Å². The molecule has 0 aromatic heterocycles. The first-order valence-corrected chi connectivity index (χ1v) is 5.53. The molecule has 0 aromatic rings. The van der Waals surface area contributed by atoms with Gasteiger partial charge in [-0.2, -0.15) is 0 Å². The van der Waals surface area contributed by atoms with Crippen molar-refractivity contribution in [3.8, 4) is 0 Å². The number of rotatable bonds is 1. The largest absolute Gasteiger partial charge is 0.234 e. The average Bonchev–Trinajstić information content (AvgIpc) is 2.20. The molecule has 0 N–H and O–H groups in total. The van der Waals surface area contributed by atoms with Crippen LogP contribution in [-0.4, -0.2) is 22.9 Å². The van der Waals surface area contributed by atoms with Crippen LogP contribution in [0.25, 0.3) is 0 Å². The monoisotopic (exact) mass is 196 g/mol. The van der Waals surface area contributed by atoms with Crippen LogP contribution in [0.1, 0.15) is 25.7 Å². The highest BCUT2D eigenvalue weighted by molar-refractivity contribution is 7.56. The minimum atomic E-state index is -1.53. The van der Waals surface area contributed by atoms with Gasteiger partial charge in [-0.3, -0.25) is 0 Å². The SMILES string of the molecule is O=C=C1CCCCC1P(=C=O)=C=O. The second kappa shape index (κ2) is 4.82. The third-order valence-electron chi connectivity index (χ3n) is 2.22. The molecule has 1 saturated carbocycles. The highest BCUT2D eigenvalue weighted by atomic mass is 31.1. The van der Waals surface area contributed by atoms with Gasteiger partial charge in [0.15, 0.2) is 11.3 Å². The number of allylic oxidation sites excluding steroid dienone is 1. The fourth-order valence-electron chi connectivity index (χ4n) is 1.54. The molecule has 1 aliphatic rings. The van der Waals surface area contributed by atoms with Crippen LogP contribution in [0, 0.1) is 0 Å². The second-order valence-corrected chi connectivity index (χ2v) is 4.67. The zero-order valence-electron chi connectivity index (χ0n) is 7.08. The molecule has 13 heavy (non-hydrogen) atoms. The van der Waals surface area contributed by atoms with Gasteiger partial charge in [-0.05, 0) is 19.3 Å². The first kappa shape index (κ1) is 9.99. The molecule has 1 aliphatic carbocycles. The van der Waals surface area contributed by atoms with Crippen molar-refractivity contribution in [1.82, 2.24) is 0 Å². The molecule has 0 spiro atoms. The van der Waals surface area contributed by atoms with Gasteiger partial charge in [-0.15, -0.1) is 0 Å². The van der Waals surface area contributed by atoms with Crippen molar-refractivity contribution in [2.75, 3.05) is 0 Å². The Kier molecular flexibility index (Phi) is 3.71. The summed E-state index contributed by atoms with van der Waals surface area (Å²) in [6, 6.07) is 0. The molecule has 0 radical (unpaired) electrons. The highest BCUT2D eigenvalue weighted by Crippen LogP contribution is 2.33. The molecule has 1 rings (SSSR count). The molecule has 0 bridgehead atoms. The topological polar surface area (TPSA) is 51.2 Å². The highest BCUT2D eigenvalue weighted by Gasteiger charge is 2.21. The molecular weight excluding hydrogens is 187 g/mol. The molecule has 0 aromatic carbocycles. The van der Waals surface area contributed by atoms with Gasteiger partial charge in [0.2, 0.25) is 0 Å². The predicted octanol–water partition coefficient (Wildman–Crippen LogP) is 1.30. The van der Waals surface area contributed by atoms with E-state index < -0.39 is 7.17 Å². The summed E-state index contributed by atoms with van der Waals surface area (Å²) >= 11 is 0. The summed E-state index contributed by atoms with van der Waals surface area (Å²) in [5.41, 5.74) is 3.70. The van der Waals surface area contributed by atoms with E-state index in [2.05, 4.69) is 0 Å². The first-order chi connectivity index (χ1) is 6.33. The van der Waals surface area contributed by atoms with Gasteiger partial charge >= 0.3 is 0 Å². The molecule has 1 fully saturated rings. The zero-order valence-corrected chi connectivity index (χ0v) is 7.97. The van der Waals surface area contributed by atoms with Gasteiger partial charge in [0, 0.05) is 11.2 Å². The normalized spacial score (nSPS) is 22.6. The van der Waals surface area contributed by atoms with Crippen LogP contribution in [0.2, 0.25) is 0 Å². The third-order valence-corrected chi connectivity index (χ3v) is 3.80. The number of carbonyl (C=O) groups excluding carboxylic acids is 3. The van der Waals surface area contributed by atoms with Gasteiger partial charge < -0.3 is 0 Å². The minimum absolute atomic E-state index is 0.226. The molecule has 0 saturated heterocycles. The smallest absolute Gasteiger partial charge is 0.157 e. The van der Waals surface area contributed by atoms with Crippen LogP contribution < -0.4 is 0 Å². The summed E-state index contributed by atoms with van der Waals surface area (Å²) < 4.78 is 0. The van der Waals surface area contributed by atoms with Gasteiger partial charge in [0.1, 0.15) is 5.94 Å². The van der Waals surface area contributed by atoms with Crippen LogP contribution >= 0.6 is 7.17 Å². The lowest BCUT2D eigenvalue weighted by molar-refractivity contribution is 0.553. The molecule has 0 heterocycles. The summed E-state index contributed by atoms with van der Waals surface area (Å²) in [6.07, 6.45) is 3.29. The van der Waals surface area contributed by atoms with Crippen molar-refractivity contribution >= 4 is 24.4 Å². The lowest BCUT2D eigenvalue weighted by Gasteiger charge is -2.17. The van der Waals surface area contributed by atoms with Gasteiger partial charge in [0.25, 0.3) is 0 Å². The number of hydrogen-bond acceptors (Lipinski definition) is 3. The molecule has 68 valence electrons. The molecular formula is C9H9O3P. The van der Waals surface area contributed by atoms with Gasteiger partial charge in [-0.25, -0.2) is 14.4 Å². The van der Waals surface area contributed by atoms with Crippen molar-refractivity contribution < 1.29 is 14.4 Å².